The van der Waals surface area contributed by atoms with Crippen LogP contribution in [0.2, 0.25) is 0 Å². The summed E-state index contributed by atoms with van der Waals surface area (Å²) in [5, 5.41) is 9.17. The lowest BCUT2D eigenvalue weighted by Crippen LogP contribution is -2.47. The number of aromatic hydroxyl groups is 1. The van der Waals surface area contributed by atoms with E-state index in [1.807, 2.05) is 4.90 Å². The second-order valence-electron chi connectivity index (χ2n) is 4.53. The van der Waals surface area contributed by atoms with Crippen LogP contribution in [0.4, 0.5) is 0 Å². The third kappa shape index (κ3) is 3.20. The zero-order chi connectivity index (χ0) is 12.3. The van der Waals surface area contributed by atoms with E-state index in [2.05, 4.69) is 11.9 Å². The predicted octanol–water partition coefficient (Wildman–Crippen LogP) is 0.709. The zero-order valence-corrected chi connectivity index (χ0v) is 10.1. The summed E-state index contributed by atoms with van der Waals surface area (Å²) in [6.07, 6.45) is 0.421. The molecule has 4 heteroatoms. The van der Waals surface area contributed by atoms with Gasteiger partial charge in [-0.3, -0.25) is 4.79 Å². The molecule has 0 radical (unpaired) electrons. The van der Waals surface area contributed by atoms with E-state index >= 15 is 0 Å². The van der Waals surface area contributed by atoms with Gasteiger partial charge in [-0.2, -0.15) is 0 Å². The van der Waals surface area contributed by atoms with Crippen LogP contribution in [0.1, 0.15) is 5.56 Å². The Morgan fingerprint density at radius 2 is 1.76 bits per heavy atom. The van der Waals surface area contributed by atoms with Crippen molar-refractivity contribution in [3.05, 3.63) is 29.8 Å². The molecular weight excluding hydrogens is 216 g/mol. The number of benzene rings is 1. The number of nitrogens with zero attached hydrogens (tertiary/aromatic N) is 2. The van der Waals surface area contributed by atoms with Gasteiger partial charge in [-0.25, -0.2) is 0 Å². The topological polar surface area (TPSA) is 43.8 Å². The molecule has 0 aromatic heterocycles. The minimum Gasteiger partial charge on any atom is -0.508 e. The van der Waals surface area contributed by atoms with Crippen molar-refractivity contribution in [2.24, 2.45) is 0 Å². The molecule has 0 spiro atoms. The van der Waals surface area contributed by atoms with Crippen molar-refractivity contribution in [2.45, 2.75) is 6.42 Å². The van der Waals surface area contributed by atoms with Crippen LogP contribution in [-0.2, 0) is 11.2 Å². The zero-order valence-electron chi connectivity index (χ0n) is 10.1. The Balaban J connectivity index is 1.90. The van der Waals surface area contributed by atoms with E-state index in [9.17, 15) is 4.79 Å². The minimum absolute atomic E-state index is 0.170. The van der Waals surface area contributed by atoms with Gasteiger partial charge in [0.1, 0.15) is 5.75 Å². The number of hydrogen-bond acceptors (Lipinski definition) is 3. The fourth-order valence-corrected chi connectivity index (χ4v) is 1.96. The largest absolute Gasteiger partial charge is 0.508 e. The molecule has 1 saturated heterocycles. The molecule has 1 heterocycles. The van der Waals surface area contributed by atoms with Crippen molar-refractivity contribution in [3.8, 4) is 5.75 Å². The first kappa shape index (κ1) is 11.9. The summed E-state index contributed by atoms with van der Waals surface area (Å²) in [7, 11) is 2.07. The lowest BCUT2D eigenvalue weighted by atomic mass is 10.1. The molecule has 92 valence electrons. The van der Waals surface area contributed by atoms with E-state index in [0.29, 0.717) is 6.42 Å². The van der Waals surface area contributed by atoms with Gasteiger partial charge in [-0.1, -0.05) is 12.1 Å². The van der Waals surface area contributed by atoms with Crippen LogP contribution in [0, 0.1) is 0 Å². The molecule has 4 nitrogen and oxygen atoms in total. The van der Waals surface area contributed by atoms with Gasteiger partial charge in [0.2, 0.25) is 5.91 Å². The number of hydrogen-bond donors (Lipinski definition) is 1. The maximum absolute atomic E-state index is 12.0. The summed E-state index contributed by atoms with van der Waals surface area (Å²) >= 11 is 0. The van der Waals surface area contributed by atoms with Crippen LogP contribution in [0.5, 0.6) is 5.75 Å². The Morgan fingerprint density at radius 1 is 1.18 bits per heavy atom. The molecule has 2 rings (SSSR count). The minimum atomic E-state index is 0.170. The van der Waals surface area contributed by atoms with Gasteiger partial charge in [-0.15, -0.1) is 0 Å². The first-order valence-corrected chi connectivity index (χ1v) is 5.89. The standard InChI is InChI=1S/C13H18N2O2/c1-14-6-8-15(9-7-14)13(17)10-11-2-4-12(16)5-3-11/h2-5,16H,6-10H2,1H3. The summed E-state index contributed by atoms with van der Waals surface area (Å²) in [6, 6.07) is 6.83. The number of phenolic OH excluding ortho intramolecular Hbond substituents is 1. The van der Waals surface area contributed by atoms with Crippen molar-refractivity contribution >= 4 is 5.91 Å². The summed E-state index contributed by atoms with van der Waals surface area (Å²) in [6.45, 7) is 3.52. The summed E-state index contributed by atoms with van der Waals surface area (Å²) in [5.41, 5.74) is 0.951. The fourth-order valence-electron chi connectivity index (χ4n) is 1.96. The molecule has 0 bridgehead atoms. The van der Waals surface area contributed by atoms with Gasteiger partial charge in [0.05, 0.1) is 6.42 Å². The summed E-state index contributed by atoms with van der Waals surface area (Å²) in [4.78, 5) is 16.1. The highest BCUT2D eigenvalue weighted by Gasteiger charge is 2.18. The Kier molecular flexibility index (Phi) is 3.64. The maximum atomic E-state index is 12.0. The summed E-state index contributed by atoms with van der Waals surface area (Å²) in [5.74, 6) is 0.407. The first-order chi connectivity index (χ1) is 8.15. The SMILES string of the molecule is CN1CCN(C(=O)Cc2ccc(O)cc2)CC1. The molecule has 1 N–H and O–H groups in total. The Hall–Kier alpha value is -1.55. The highest BCUT2D eigenvalue weighted by atomic mass is 16.3. The van der Waals surface area contributed by atoms with Crippen LogP contribution < -0.4 is 0 Å². The smallest absolute Gasteiger partial charge is 0.227 e. The van der Waals surface area contributed by atoms with Crippen LogP contribution in [-0.4, -0.2) is 54.0 Å². The van der Waals surface area contributed by atoms with Crippen molar-refractivity contribution in [1.82, 2.24) is 9.80 Å². The number of likely N-dealkylation sites (N-methyl/N-ethyl adjacent to an activating group) is 1. The number of rotatable bonds is 2. The number of piperazine rings is 1. The van der Waals surface area contributed by atoms with Gasteiger partial charge >= 0.3 is 0 Å². The molecule has 0 atom stereocenters. The van der Waals surface area contributed by atoms with E-state index in [4.69, 9.17) is 5.11 Å². The maximum Gasteiger partial charge on any atom is 0.227 e. The van der Waals surface area contributed by atoms with Gasteiger partial charge < -0.3 is 14.9 Å². The van der Waals surface area contributed by atoms with Gasteiger partial charge in [0.25, 0.3) is 0 Å². The molecule has 1 aromatic rings. The van der Waals surface area contributed by atoms with Gasteiger partial charge in [0.15, 0.2) is 0 Å². The molecular formula is C13H18N2O2. The average Bonchev–Trinajstić information content (AvgIpc) is 2.33. The monoisotopic (exact) mass is 234 g/mol. The van der Waals surface area contributed by atoms with Crippen LogP contribution in [0.25, 0.3) is 0 Å². The third-order valence-corrected chi connectivity index (χ3v) is 3.15. The van der Waals surface area contributed by atoms with Crippen LogP contribution >= 0.6 is 0 Å². The number of carbonyl (C=O) groups is 1. The van der Waals surface area contributed by atoms with E-state index in [1.54, 1.807) is 24.3 Å². The molecule has 0 saturated carbocycles. The molecule has 1 aromatic carbocycles. The van der Waals surface area contributed by atoms with E-state index in [0.717, 1.165) is 31.7 Å². The van der Waals surface area contributed by atoms with Gasteiger partial charge in [-0.05, 0) is 24.7 Å². The highest BCUT2D eigenvalue weighted by Crippen LogP contribution is 2.11. The number of carbonyl (C=O) groups excluding carboxylic acids is 1. The van der Waals surface area contributed by atoms with Crippen molar-refractivity contribution in [2.75, 3.05) is 33.2 Å². The van der Waals surface area contributed by atoms with Crippen molar-refractivity contribution < 1.29 is 9.90 Å². The quantitative estimate of drug-likeness (QED) is 0.819. The molecule has 0 aliphatic carbocycles. The molecule has 1 amide bonds. The average molecular weight is 234 g/mol. The second kappa shape index (κ2) is 5.19. The lowest BCUT2D eigenvalue weighted by Gasteiger charge is -2.32. The third-order valence-electron chi connectivity index (χ3n) is 3.15. The lowest BCUT2D eigenvalue weighted by molar-refractivity contribution is -0.132. The molecule has 1 fully saturated rings. The normalized spacial score (nSPS) is 17.1. The molecule has 1 aliphatic rings. The Morgan fingerprint density at radius 3 is 2.35 bits per heavy atom. The van der Waals surface area contributed by atoms with Crippen LogP contribution in [0.15, 0.2) is 24.3 Å². The van der Waals surface area contributed by atoms with E-state index in [1.165, 1.54) is 0 Å². The Bertz CT molecular complexity index is 381. The van der Waals surface area contributed by atoms with Gasteiger partial charge in [0, 0.05) is 26.2 Å². The second-order valence-corrected chi connectivity index (χ2v) is 4.53. The summed E-state index contributed by atoms with van der Waals surface area (Å²) < 4.78 is 0. The Labute approximate surface area is 101 Å². The number of phenols is 1. The van der Waals surface area contributed by atoms with Crippen LogP contribution in [0.3, 0.4) is 0 Å². The molecule has 1 aliphatic heterocycles. The molecule has 0 unspecified atom stereocenters. The fraction of sp³-hybridized carbons (Fsp3) is 0.462. The van der Waals surface area contributed by atoms with Crippen molar-refractivity contribution in [3.63, 3.8) is 0 Å². The molecule has 17 heavy (non-hydrogen) atoms. The predicted molar refractivity (Wildman–Crippen MR) is 65.9 cm³/mol. The first-order valence-electron chi connectivity index (χ1n) is 5.89. The number of amides is 1. The van der Waals surface area contributed by atoms with E-state index in [-0.39, 0.29) is 11.7 Å². The highest BCUT2D eigenvalue weighted by molar-refractivity contribution is 5.78. The van der Waals surface area contributed by atoms with Crippen molar-refractivity contribution in [1.29, 1.82) is 0 Å². The van der Waals surface area contributed by atoms with E-state index < -0.39 is 0 Å².